The highest BCUT2D eigenvalue weighted by molar-refractivity contribution is 6.23. The summed E-state index contributed by atoms with van der Waals surface area (Å²) in [6, 6.07) is 9.55. The summed E-state index contributed by atoms with van der Waals surface area (Å²) < 4.78 is 40.6. The minimum absolute atomic E-state index is 0.0971. The lowest BCUT2D eigenvalue weighted by atomic mass is 9.91. The van der Waals surface area contributed by atoms with Gasteiger partial charge in [-0.25, -0.2) is 4.79 Å². The number of aromatic nitrogens is 2. The first kappa shape index (κ1) is 41.6. The van der Waals surface area contributed by atoms with Crippen molar-refractivity contribution < 1.29 is 51.8 Å². The molecular weight excluding hydrogens is 812 g/mol. The number of carboxylic acid groups (broad SMARTS) is 1. The minimum Gasteiger partial charge on any atom is -0.489 e. The largest absolute Gasteiger partial charge is 0.490 e. The number of likely N-dealkylation sites (tertiary alicyclic amines) is 1. The molecular formula is C44H48F3N7O8. The maximum atomic E-state index is 13.4. The van der Waals surface area contributed by atoms with Crippen molar-refractivity contribution >= 4 is 46.9 Å². The number of amides is 5. The van der Waals surface area contributed by atoms with Crippen molar-refractivity contribution in [3.05, 3.63) is 59.4 Å². The van der Waals surface area contributed by atoms with Crippen LogP contribution in [0, 0.1) is 5.92 Å². The summed E-state index contributed by atoms with van der Waals surface area (Å²) in [7, 11) is 0. The number of imide groups is 2. The third-order valence-corrected chi connectivity index (χ3v) is 13.4. The fourth-order valence-corrected chi connectivity index (χ4v) is 9.43. The van der Waals surface area contributed by atoms with Gasteiger partial charge in [0.1, 0.15) is 11.8 Å². The molecule has 2 N–H and O–H groups in total. The van der Waals surface area contributed by atoms with Crippen LogP contribution in [0.25, 0.3) is 11.1 Å². The van der Waals surface area contributed by atoms with E-state index in [1.807, 2.05) is 12.3 Å². The molecule has 2 saturated carbocycles. The summed E-state index contributed by atoms with van der Waals surface area (Å²) >= 11 is 0. The lowest BCUT2D eigenvalue weighted by molar-refractivity contribution is -0.192. The lowest BCUT2D eigenvalue weighted by Gasteiger charge is -2.48. The molecule has 5 aliphatic heterocycles. The predicted molar refractivity (Wildman–Crippen MR) is 217 cm³/mol. The standard InChI is InChI=1S/C42H47N7O6.C2HF3O2/c1-24-5-9-33-35(48(24)40(52)25-6-7-25)12-11-31(38(33)55-30-3-2-4-30)26-20-43-47(21-26)27-15-17-45(18-16-27)29-22-46(23-29)28-8-10-32-34(19-28)42(54)49(41(32)53)36-13-14-37(50)44-39(36)51;3-2(4,5)1(6)7/h8,10-12,19-21,24-25,27,29-30,36H,2-7,9,13-18,22-23H2,1H3,(H,44,50,51);(H,6,7)/t24-,36?;/m0./s1. The van der Waals surface area contributed by atoms with Crippen LogP contribution in [0.4, 0.5) is 24.5 Å². The van der Waals surface area contributed by atoms with Gasteiger partial charge in [-0.2, -0.15) is 18.3 Å². The number of nitrogens with one attached hydrogen (secondary N) is 1. The number of carboxylic acids is 1. The predicted octanol–water partition coefficient (Wildman–Crippen LogP) is 5.12. The molecule has 6 heterocycles. The number of rotatable bonds is 8. The Hall–Kier alpha value is -5.78. The Labute approximate surface area is 355 Å². The lowest BCUT2D eigenvalue weighted by Crippen LogP contribution is -2.61. The van der Waals surface area contributed by atoms with E-state index in [9.17, 15) is 37.1 Å². The van der Waals surface area contributed by atoms with Crippen LogP contribution < -0.4 is 19.9 Å². The average Bonchev–Trinajstić information content (AvgIpc) is 3.89. The number of carbonyl (C=O) groups excluding carboxylic acids is 5. The molecule has 0 radical (unpaired) electrons. The summed E-state index contributed by atoms with van der Waals surface area (Å²) in [5.41, 5.74) is 5.82. The van der Waals surface area contributed by atoms with Gasteiger partial charge in [-0.3, -0.25) is 43.8 Å². The molecule has 15 nitrogen and oxygen atoms in total. The number of piperidine rings is 2. The molecule has 18 heteroatoms. The number of alkyl halides is 3. The summed E-state index contributed by atoms with van der Waals surface area (Å²) in [6.07, 6.45) is 8.69. The number of halogens is 3. The Morgan fingerprint density at radius 1 is 0.855 bits per heavy atom. The second kappa shape index (κ2) is 16.2. The maximum absolute atomic E-state index is 13.4. The van der Waals surface area contributed by atoms with Crippen molar-refractivity contribution in [3.8, 4) is 16.9 Å². The molecule has 3 saturated heterocycles. The number of hydrogen-bond donors (Lipinski definition) is 2. The Morgan fingerprint density at radius 2 is 1.55 bits per heavy atom. The number of ether oxygens (including phenoxy) is 1. The van der Waals surface area contributed by atoms with Crippen molar-refractivity contribution in [1.29, 1.82) is 0 Å². The molecule has 328 valence electrons. The molecule has 1 unspecified atom stereocenters. The molecule has 10 rings (SSSR count). The van der Waals surface area contributed by atoms with Gasteiger partial charge in [-0.15, -0.1) is 0 Å². The van der Waals surface area contributed by atoms with Crippen molar-refractivity contribution in [2.24, 2.45) is 5.92 Å². The summed E-state index contributed by atoms with van der Waals surface area (Å²) in [5, 5.41) is 14.3. The average molecular weight is 860 g/mol. The molecule has 2 atom stereocenters. The summed E-state index contributed by atoms with van der Waals surface area (Å²) in [4.78, 5) is 80.7. The number of benzene rings is 2. The third kappa shape index (κ3) is 7.81. The number of nitrogens with zero attached hydrogens (tertiary/aromatic N) is 6. The first-order chi connectivity index (χ1) is 29.7. The van der Waals surface area contributed by atoms with Crippen molar-refractivity contribution in [2.45, 2.75) is 114 Å². The van der Waals surface area contributed by atoms with Gasteiger partial charge in [-0.05, 0) is 101 Å². The summed E-state index contributed by atoms with van der Waals surface area (Å²) in [5.74, 6) is -3.33. The van der Waals surface area contributed by atoms with E-state index in [1.54, 1.807) is 12.1 Å². The van der Waals surface area contributed by atoms with Crippen LogP contribution in [-0.2, 0) is 25.6 Å². The van der Waals surface area contributed by atoms with E-state index in [0.717, 1.165) is 111 Å². The molecule has 0 spiro atoms. The van der Waals surface area contributed by atoms with Gasteiger partial charge < -0.3 is 19.6 Å². The normalized spacial score (nSPS) is 23.5. The minimum atomic E-state index is -5.08. The number of fused-ring (bicyclic) bond motifs is 2. The molecule has 3 aromatic rings. The SMILES string of the molecule is C[C@H]1CCc2c(ccc(-c3cnn(C4CCN(C5CN(c6ccc7c(c6)C(=O)N(C6CCC(=O)NC6=O)C7=O)C5)CC4)c3)c2OC2CCC2)N1C(=O)C1CC1.O=C(O)C(F)(F)F. The van der Waals surface area contributed by atoms with Gasteiger partial charge in [-0.1, -0.05) is 0 Å². The van der Waals surface area contributed by atoms with Crippen LogP contribution in [0.5, 0.6) is 5.75 Å². The maximum Gasteiger partial charge on any atom is 0.490 e. The molecule has 2 aromatic carbocycles. The van der Waals surface area contributed by atoms with Crippen molar-refractivity contribution in [3.63, 3.8) is 0 Å². The van der Waals surface area contributed by atoms with Crippen LogP contribution in [0.15, 0.2) is 42.7 Å². The second-order valence-corrected chi connectivity index (χ2v) is 17.5. The third-order valence-electron chi connectivity index (χ3n) is 13.4. The van der Waals surface area contributed by atoms with Gasteiger partial charge in [0.2, 0.25) is 17.7 Å². The molecule has 62 heavy (non-hydrogen) atoms. The van der Waals surface area contributed by atoms with Crippen LogP contribution in [-0.4, -0.2) is 117 Å². The Morgan fingerprint density at radius 3 is 2.19 bits per heavy atom. The zero-order valence-corrected chi connectivity index (χ0v) is 34.2. The van der Waals surface area contributed by atoms with Crippen LogP contribution in [0.1, 0.15) is 103 Å². The Balaban J connectivity index is 0.000000648. The molecule has 1 aromatic heterocycles. The van der Waals surface area contributed by atoms with E-state index in [1.165, 1.54) is 12.0 Å². The highest BCUT2D eigenvalue weighted by atomic mass is 19.4. The van der Waals surface area contributed by atoms with E-state index in [0.29, 0.717) is 23.2 Å². The zero-order chi connectivity index (χ0) is 43.6. The Bertz CT molecular complexity index is 2330. The number of anilines is 2. The number of carbonyl (C=O) groups is 6. The van der Waals surface area contributed by atoms with Gasteiger partial charge >= 0.3 is 12.1 Å². The quantitative estimate of drug-likeness (QED) is 0.288. The van der Waals surface area contributed by atoms with Gasteiger partial charge in [0, 0.05) is 79.2 Å². The number of aliphatic carboxylic acids is 1. The summed E-state index contributed by atoms with van der Waals surface area (Å²) in [6.45, 7) is 5.77. The van der Waals surface area contributed by atoms with Gasteiger partial charge in [0.25, 0.3) is 11.8 Å². The van der Waals surface area contributed by atoms with E-state index in [2.05, 4.69) is 50.0 Å². The topological polar surface area (TPSA) is 175 Å². The van der Waals surface area contributed by atoms with E-state index >= 15 is 0 Å². The van der Waals surface area contributed by atoms with Gasteiger partial charge in [0.05, 0.1) is 35.2 Å². The monoisotopic (exact) mass is 859 g/mol. The first-order valence-corrected chi connectivity index (χ1v) is 21.5. The smallest absolute Gasteiger partial charge is 0.489 e. The van der Waals surface area contributed by atoms with Gasteiger partial charge in [0.15, 0.2) is 0 Å². The molecule has 0 bridgehead atoms. The number of hydrogen-bond acceptors (Lipinski definition) is 10. The van der Waals surface area contributed by atoms with Crippen molar-refractivity contribution in [2.75, 3.05) is 36.0 Å². The van der Waals surface area contributed by atoms with E-state index in [4.69, 9.17) is 19.7 Å². The highest BCUT2D eigenvalue weighted by Gasteiger charge is 2.46. The molecule has 2 aliphatic carbocycles. The Kier molecular flexibility index (Phi) is 10.8. The highest BCUT2D eigenvalue weighted by Crippen LogP contribution is 2.46. The first-order valence-electron chi connectivity index (χ1n) is 21.5. The zero-order valence-electron chi connectivity index (χ0n) is 34.2. The fraction of sp³-hybridized carbons (Fsp3) is 0.523. The van der Waals surface area contributed by atoms with Crippen LogP contribution >= 0.6 is 0 Å². The van der Waals surface area contributed by atoms with Crippen molar-refractivity contribution in [1.82, 2.24) is 24.9 Å². The molecule has 5 amide bonds. The van der Waals surface area contributed by atoms with Crippen LogP contribution in [0.2, 0.25) is 0 Å². The fourth-order valence-electron chi connectivity index (χ4n) is 9.43. The van der Waals surface area contributed by atoms with E-state index in [-0.39, 0.29) is 42.7 Å². The second-order valence-electron chi connectivity index (χ2n) is 17.5. The molecule has 7 aliphatic rings. The van der Waals surface area contributed by atoms with Crippen LogP contribution in [0.3, 0.4) is 0 Å². The molecule has 5 fully saturated rings. The van der Waals surface area contributed by atoms with E-state index < -0.39 is 35.9 Å².